The lowest BCUT2D eigenvalue weighted by Gasteiger charge is -2.33. The van der Waals surface area contributed by atoms with Gasteiger partial charge in [-0.3, -0.25) is 4.79 Å². The number of hydrogen-bond acceptors (Lipinski definition) is 7. The van der Waals surface area contributed by atoms with Gasteiger partial charge in [-0.2, -0.15) is 0 Å². The van der Waals surface area contributed by atoms with E-state index < -0.39 is 0 Å². The molecule has 2 N–H and O–H groups in total. The number of nitrogens with one attached hydrogen (secondary N) is 2. The van der Waals surface area contributed by atoms with Crippen LogP contribution in [0.2, 0.25) is 0 Å². The van der Waals surface area contributed by atoms with Crippen molar-refractivity contribution >= 4 is 23.1 Å². The van der Waals surface area contributed by atoms with E-state index in [4.69, 9.17) is 4.74 Å². The number of carbonyl (C=O) groups is 1. The third-order valence-corrected chi connectivity index (χ3v) is 4.66. The van der Waals surface area contributed by atoms with Crippen molar-refractivity contribution in [2.75, 3.05) is 18.5 Å². The van der Waals surface area contributed by atoms with Crippen molar-refractivity contribution in [2.45, 2.75) is 32.4 Å². The Labute approximate surface area is 138 Å². The zero-order valence-electron chi connectivity index (χ0n) is 13.1. The maximum absolute atomic E-state index is 12.4. The van der Waals surface area contributed by atoms with Gasteiger partial charge in [0, 0.05) is 12.8 Å². The van der Waals surface area contributed by atoms with E-state index in [-0.39, 0.29) is 18.0 Å². The van der Waals surface area contributed by atoms with Crippen LogP contribution >= 0.6 is 11.3 Å². The van der Waals surface area contributed by atoms with Crippen molar-refractivity contribution in [2.24, 2.45) is 0 Å². The van der Waals surface area contributed by atoms with E-state index in [1.165, 1.54) is 11.3 Å². The second-order valence-electron chi connectivity index (χ2n) is 5.45. The minimum Gasteiger partial charge on any atom is -0.379 e. The highest BCUT2D eigenvalue weighted by atomic mass is 32.1. The third-order valence-electron chi connectivity index (χ3n) is 3.73. The number of nitrogens with zero attached hydrogens (tertiary/aromatic N) is 3. The van der Waals surface area contributed by atoms with Crippen molar-refractivity contribution < 1.29 is 9.53 Å². The first kappa shape index (κ1) is 15.8. The number of thiazole rings is 1. The monoisotopic (exact) mass is 333 g/mol. The van der Waals surface area contributed by atoms with Gasteiger partial charge in [0.25, 0.3) is 5.91 Å². The molecule has 23 heavy (non-hydrogen) atoms. The lowest BCUT2D eigenvalue weighted by molar-refractivity contribution is 0.0621. The molecule has 3 heterocycles. The first-order valence-electron chi connectivity index (χ1n) is 7.48. The highest BCUT2D eigenvalue weighted by molar-refractivity contribution is 7.11. The molecule has 0 aromatic carbocycles. The van der Waals surface area contributed by atoms with Gasteiger partial charge in [-0.15, -0.1) is 11.3 Å². The Morgan fingerprint density at radius 2 is 2.22 bits per heavy atom. The molecule has 0 spiro atoms. The van der Waals surface area contributed by atoms with Crippen molar-refractivity contribution in [3.05, 3.63) is 34.2 Å². The van der Waals surface area contributed by atoms with Crippen LogP contribution in [-0.2, 0) is 4.74 Å². The molecule has 0 aliphatic carbocycles. The zero-order valence-corrected chi connectivity index (χ0v) is 13.9. The molecule has 8 heteroatoms. The average Bonchev–Trinajstić information content (AvgIpc) is 2.95. The molecule has 7 nitrogen and oxygen atoms in total. The summed E-state index contributed by atoms with van der Waals surface area (Å²) in [6.07, 6.45) is 2.47. The molecule has 2 aromatic rings. The molecule has 3 rings (SSSR count). The summed E-state index contributed by atoms with van der Waals surface area (Å²) in [6, 6.07) is 1.76. The van der Waals surface area contributed by atoms with Gasteiger partial charge in [0.15, 0.2) is 0 Å². The standard InChI is InChI=1S/C15H19N5O2S/c1-9-14(23-8-17-9)15(21)20-11-4-6-22-7-12(11)19-13-3-5-16-10(2)18-13/h3,5,8,11-12H,4,6-7H2,1-2H3,(H,20,21)(H,16,18,19)/t11-,12+/m0/s1. The normalized spacial score (nSPS) is 21.0. The molecule has 0 unspecified atom stereocenters. The second-order valence-corrected chi connectivity index (χ2v) is 6.31. The Morgan fingerprint density at radius 3 is 2.96 bits per heavy atom. The van der Waals surface area contributed by atoms with Crippen molar-refractivity contribution in [3.63, 3.8) is 0 Å². The van der Waals surface area contributed by atoms with E-state index >= 15 is 0 Å². The summed E-state index contributed by atoms with van der Waals surface area (Å²) in [5, 5.41) is 6.43. The van der Waals surface area contributed by atoms with Crippen LogP contribution in [0.15, 0.2) is 17.8 Å². The molecule has 1 amide bonds. The number of ether oxygens (including phenoxy) is 1. The van der Waals surface area contributed by atoms with Gasteiger partial charge in [0.2, 0.25) is 0 Å². The van der Waals surface area contributed by atoms with Crippen LogP contribution in [0, 0.1) is 13.8 Å². The van der Waals surface area contributed by atoms with Crippen molar-refractivity contribution in [3.8, 4) is 0 Å². The first-order chi connectivity index (χ1) is 11.1. The van der Waals surface area contributed by atoms with Crippen molar-refractivity contribution in [1.29, 1.82) is 0 Å². The maximum atomic E-state index is 12.4. The highest BCUT2D eigenvalue weighted by Crippen LogP contribution is 2.16. The van der Waals surface area contributed by atoms with Gasteiger partial charge in [0.1, 0.15) is 16.5 Å². The number of rotatable bonds is 4. The maximum Gasteiger partial charge on any atom is 0.263 e. The summed E-state index contributed by atoms with van der Waals surface area (Å²) in [7, 11) is 0. The van der Waals surface area contributed by atoms with E-state index in [0.717, 1.165) is 17.9 Å². The van der Waals surface area contributed by atoms with Crippen LogP contribution in [0.5, 0.6) is 0 Å². The van der Waals surface area contributed by atoms with Crippen LogP contribution in [0.4, 0.5) is 5.82 Å². The second kappa shape index (κ2) is 7.01. The lowest BCUT2D eigenvalue weighted by Crippen LogP contribution is -2.52. The predicted octanol–water partition coefficient (Wildman–Crippen LogP) is 1.55. The number of amides is 1. The molecule has 0 bridgehead atoms. The predicted molar refractivity (Wildman–Crippen MR) is 87.7 cm³/mol. The van der Waals surface area contributed by atoms with Gasteiger partial charge < -0.3 is 15.4 Å². The summed E-state index contributed by atoms with van der Waals surface area (Å²) >= 11 is 1.36. The van der Waals surface area contributed by atoms with Crippen LogP contribution in [-0.4, -0.2) is 46.2 Å². The number of anilines is 1. The van der Waals surface area contributed by atoms with Crippen LogP contribution in [0.1, 0.15) is 27.6 Å². The summed E-state index contributed by atoms with van der Waals surface area (Å²) in [4.78, 5) is 25.6. The van der Waals surface area contributed by atoms with Gasteiger partial charge in [0.05, 0.1) is 29.9 Å². The Morgan fingerprint density at radius 1 is 1.35 bits per heavy atom. The molecular formula is C15H19N5O2S. The topological polar surface area (TPSA) is 89.0 Å². The minimum atomic E-state index is -0.0810. The molecule has 2 aromatic heterocycles. The molecule has 0 radical (unpaired) electrons. The zero-order chi connectivity index (χ0) is 16.2. The number of aromatic nitrogens is 3. The fourth-order valence-corrected chi connectivity index (χ4v) is 3.24. The van der Waals surface area contributed by atoms with Crippen LogP contribution in [0.25, 0.3) is 0 Å². The fraction of sp³-hybridized carbons (Fsp3) is 0.467. The van der Waals surface area contributed by atoms with E-state index in [9.17, 15) is 4.79 Å². The Balaban J connectivity index is 1.69. The number of carbonyl (C=O) groups excluding carboxylic acids is 1. The SMILES string of the molecule is Cc1nccc(N[C@@H]2COCC[C@@H]2NC(=O)c2scnc2C)n1. The molecule has 122 valence electrons. The van der Waals surface area contributed by atoms with E-state index in [0.29, 0.717) is 23.9 Å². The average molecular weight is 333 g/mol. The van der Waals surface area contributed by atoms with E-state index in [1.54, 1.807) is 11.7 Å². The Kier molecular flexibility index (Phi) is 4.82. The van der Waals surface area contributed by atoms with E-state index in [2.05, 4.69) is 25.6 Å². The summed E-state index contributed by atoms with van der Waals surface area (Å²) in [6.45, 7) is 4.84. The summed E-state index contributed by atoms with van der Waals surface area (Å²) in [5.74, 6) is 1.36. The number of aryl methyl sites for hydroxylation is 2. The quantitative estimate of drug-likeness (QED) is 0.882. The van der Waals surface area contributed by atoms with Gasteiger partial charge in [-0.1, -0.05) is 0 Å². The molecule has 2 atom stereocenters. The van der Waals surface area contributed by atoms with E-state index in [1.807, 2.05) is 19.9 Å². The molecule has 0 saturated carbocycles. The third kappa shape index (κ3) is 3.83. The first-order valence-corrected chi connectivity index (χ1v) is 8.36. The van der Waals surface area contributed by atoms with Crippen LogP contribution < -0.4 is 10.6 Å². The van der Waals surface area contributed by atoms with Gasteiger partial charge in [-0.25, -0.2) is 15.0 Å². The molecular weight excluding hydrogens is 314 g/mol. The largest absolute Gasteiger partial charge is 0.379 e. The Hall–Kier alpha value is -2.06. The molecule has 1 aliphatic heterocycles. The lowest BCUT2D eigenvalue weighted by atomic mass is 10.0. The fourth-order valence-electron chi connectivity index (χ4n) is 2.53. The van der Waals surface area contributed by atoms with Crippen LogP contribution in [0.3, 0.4) is 0 Å². The molecule has 1 aliphatic rings. The minimum absolute atomic E-state index is 0.0204. The summed E-state index contributed by atoms with van der Waals surface area (Å²) in [5.41, 5.74) is 2.45. The number of hydrogen-bond donors (Lipinski definition) is 2. The molecule has 1 fully saturated rings. The van der Waals surface area contributed by atoms with Crippen molar-refractivity contribution in [1.82, 2.24) is 20.3 Å². The Bertz CT molecular complexity index is 690. The highest BCUT2D eigenvalue weighted by Gasteiger charge is 2.28. The van der Waals surface area contributed by atoms with Gasteiger partial charge >= 0.3 is 0 Å². The summed E-state index contributed by atoms with van der Waals surface area (Å²) < 4.78 is 5.54. The smallest absolute Gasteiger partial charge is 0.263 e. The van der Waals surface area contributed by atoms with Gasteiger partial charge in [-0.05, 0) is 26.3 Å². The molecule has 1 saturated heterocycles.